The Morgan fingerprint density at radius 1 is 1.06 bits per heavy atom. The third kappa shape index (κ3) is 6.76. The predicted molar refractivity (Wildman–Crippen MR) is 139 cm³/mol. The summed E-state index contributed by atoms with van der Waals surface area (Å²) in [6, 6.07) is 11.1. The second-order valence-electron chi connectivity index (χ2n) is 7.06. The number of ether oxygens (including phenoxy) is 1. The molecule has 12 heteroatoms. The van der Waals surface area contributed by atoms with Crippen LogP contribution < -0.4 is 15.6 Å². The number of morpholine rings is 1. The second kappa shape index (κ2) is 11.6. The SMILES string of the molecule is Cc1ccc(Nc2nc(N/N=C/c3cc(Br)ccc3O)nc(N3CCOCC3)n2)c(Br)c1.Cl. The van der Waals surface area contributed by atoms with Crippen molar-refractivity contribution in [2.75, 3.05) is 41.9 Å². The Bertz CT molecular complexity index is 1140. The van der Waals surface area contributed by atoms with E-state index >= 15 is 0 Å². The van der Waals surface area contributed by atoms with Crippen LogP contribution in [0.3, 0.4) is 0 Å². The minimum Gasteiger partial charge on any atom is -0.507 e. The molecule has 1 aromatic heterocycles. The van der Waals surface area contributed by atoms with Gasteiger partial charge in [-0.05, 0) is 58.7 Å². The number of phenolic OH excluding ortho intramolecular Hbond substituents is 1. The smallest absolute Gasteiger partial charge is 0.250 e. The van der Waals surface area contributed by atoms with E-state index in [4.69, 9.17) is 4.74 Å². The van der Waals surface area contributed by atoms with Crippen molar-refractivity contribution in [3.63, 3.8) is 0 Å². The van der Waals surface area contributed by atoms with E-state index in [-0.39, 0.29) is 24.1 Å². The van der Waals surface area contributed by atoms with Crippen molar-refractivity contribution in [2.45, 2.75) is 6.92 Å². The summed E-state index contributed by atoms with van der Waals surface area (Å²) in [5.74, 6) is 1.30. The molecule has 0 spiro atoms. The number of hydrogen-bond acceptors (Lipinski definition) is 9. The van der Waals surface area contributed by atoms with Crippen LogP contribution in [0.5, 0.6) is 5.75 Å². The Morgan fingerprint density at radius 2 is 1.82 bits per heavy atom. The lowest BCUT2D eigenvalue weighted by Gasteiger charge is -2.27. The minimum atomic E-state index is 0. The minimum absolute atomic E-state index is 0. The average Bonchev–Trinajstić information content (AvgIpc) is 2.78. The summed E-state index contributed by atoms with van der Waals surface area (Å²) in [6.45, 7) is 4.62. The first-order valence-electron chi connectivity index (χ1n) is 9.87. The number of hydrazone groups is 1. The third-order valence-electron chi connectivity index (χ3n) is 4.65. The first kappa shape index (κ1) is 25.2. The molecule has 0 aliphatic carbocycles. The van der Waals surface area contributed by atoms with E-state index in [1.165, 1.54) is 6.21 Å². The van der Waals surface area contributed by atoms with E-state index in [1.54, 1.807) is 18.2 Å². The highest BCUT2D eigenvalue weighted by molar-refractivity contribution is 9.10. The van der Waals surface area contributed by atoms with Crippen LogP contribution in [0, 0.1) is 6.92 Å². The maximum absolute atomic E-state index is 9.99. The van der Waals surface area contributed by atoms with Crippen LogP contribution in [0.25, 0.3) is 0 Å². The summed E-state index contributed by atoms with van der Waals surface area (Å²) < 4.78 is 7.18. The van der Waals surface area contributed by atoms with Crippen molar-refractivity contribution in [3.8, 4) is 5.75 Å². The van der Waals surface area contributed by atoms with Gasteiger partial charge in [-0.1, -0.05) is 22.0 Å². The number of rotatable bonds is 6. The number of phenols is 1. The number of hydrogen-bond donors (Lipinski definition) is 3. The molecule has 0 bridgehead atoms. The molecule has 1 aliphatic rings. The fraction of sp³-hybridized carbons (Fsp3) is 0.238. The molecule has 0 radical (unpaired) electrons. The molecule has 0 amide bonds. The van der Waals surface area contributed by atoms with E-state index in [1.807, 2.05) is 30.0 Å². The van der Waals surface area contributed by atoms with Gasteiger partial charge in [-0.3, -0.25) is 0 Å². The number of benzene rings is 2. The molecule has 33 heavy (non-hydrogen) atoms. The van der Waals surface area contributed by atoms with Crippen LogP contribution in [0.1, 0.15) is 11.1 Å². The van der Waals surface area contributed by atoms with Gasteiger partial charge in [0.15, 0.2) is 0 Å². The van der Waals surface area contributed by atoms with Crippen molar-refractivity contribution in [2.24, 2.45) is 5.10 Å². The summed E-state index contributed by atoms with van der Waals surface area (Å²) in [4.78, 5) is 15.6. The average molecular weight is 600 g/mol. The number of nitrogens with zero attached hydrogens (tertiary/aromatic N) is 5. The van der Waals surface area contributed by atoms with Gasteiger partial charge in [0.05, 0.1) is 25.1 Å². The van der Waals surface area contributed by atoms with E-state index in [9.17, 15) is 5.11 Å². The Hall–Kier alpha value is -2.47. The quantitative estimate of drug-likeness (QED) is 0.273. The molecule has 2 heterocycles. The lowest BCUT2D eigenvalue weighted by atomic mass is 10.2. The maximum atomic E-state index is 9.99. The van der Waals surface area contributed by atoms with Gasteiger partial charge in [0.1, 0.15) is 5.75 Å². The lowest BCUT2D eigenvalue weighted by Crippen LogP contribution is -2.37. The normalized spacial score (nSPS) is 13.6. The fourth-order valence-electron chi connectivity index (χ4n) is 3.01. The van der Waals surface area contributed by atoms with Crippen LogP contribution in [-0.2, 0) is 4.74 Å². The van der Waals surface area contributed by atoms with Gasteiger partial charge >= 0.3 is 0 Å². The van der Waals surface area contributed by atoms with E-state index in [0.717, 1.165) is 20.2 Å². The molecular formula is C21H22Br2ClN7O2. The molecule has 0 atom stereocenters. The van der Waals surface area contributed by atoms with Crippen molar-refractivity contribution in [1.29, 1.82) is 0 Å². The van der Waals surface area contributed by atoms with Gasteiger partial charge < -0.3 is 20.1 Å². The van der Waals surface area contributed by atoms with Gasteiger partial charge in [-0.2, -0.15) is 20.1 Å². The third-order valence-corrected chi connectivity index (χ3v) is 5.80. The first-order chi connectivity index (χ1) is 15.5. The fourth-order valence-corrected chi connectivity index (χ4v) is 3.98. The van der Waals surface area contributed by atoms with Crippen molar-refractivity contribution in [1.82, 2.24) is 15.0 Å². The van der Waals surface area contributed by atoms with Gasteiger partial charge in [-0.15, -0.1) is 12.4 Å². The number of aromatic hydroxyl groups is 1. The highest BCUT2D eigenvalue weighted by atomic mass is 79.9. The Kier molecular flexibility index (Phi) is 8.84. The lowest BCUT2D eigenvalue weighted by molar-refractivity contribution is 0.122. The van der Waals surface area contributed by atoms with Crippen LogP contribution in [0.15, 0.2) is 50.4 Å². The zero-order valence-electron chi connectivity index (χ0n) is 17.6. The van der Waals surface area contributed by atoms with Gasteiger partial charge in [-0.25, -0.2) is 5.43 Å². The molecule has 1 fully saturated rings. The van der Waals surface area contributed by atoms with Crippen molar-refractivity contribution in [3.05, 3.63) is 56.5 Å². The molecule has 9 nitrogen and oxygen atoms in total. The molecule has 4 rings (SSSR count). The van der Waals surface area contributed by atoms with E-state index in [0.29, 0.717) is 43.8 Å². The molecular weight excluding hydrogens is 578 g/mol. The predicted octanol–water partition coefficient (Wildman–Crippen LogP) is 4.86. The second-order valence-corrected chi connectivity index (χ2v) is 8.83. The number of aryl methyl sites for hydroxylation is 1. The van der Waals surface area contributed by atoms with Crippen LogP contribution in [-0.4, -0.2) is 52.6 Å². The Balaban J connectivity index is 0.00000306. The summed E-state index contributed by atoms with van der Waals surface area (Å²) in [6.07, 6.45) is 1.50. The molecule has 3 aromatic rings. The zero-order valence-corrected chi connectivity index (χ0v) is 21.6. The molecule has 2 aromatic carbocycles. The number of aromatic nitrogens is 3. The van der Waals surface area contributed by atoms with Gasteiger partial charge in [0, 0.05) is 27.6 Å². The molecule has 0 saturated carbocycles. The molecule has 1 aliphatic heterocycles. The number of nitrogens with one attached hydrogen (secondary N) is 2. The number of anilines is 4. The molecule has 174 valence electrons. The molecule has 1 saturated heterocycles. The summed E-state index contributed by atoms with van der Waals surface area (Å²) in [5, 5.41) is 17.4. The maximum Gasteiger partial charge on any atom is 0.250 e. The molecule has 0 unspecified atom stereocenters. The molecule has 3 N–H and O–H groups in total. The van der Waals surface area contributed by atoms with Gasteiger partial charge in [0.2, 0.25) is 17.8 Å². The summed E-state index contributed by atoms with van der Waals surface area (Å²) in [5.41, 5.74) is 5.37. The zero-order chi connectivity index (χ0) is 22.5. The number of halogens is 3. The van der Waals surface area contributed by atoms with E-state index < -0.39 is 0 Å². The van der Waals surface area contributed by atoms with Crippen LogP contribution in [0.2, 0.25) is 0 Å². The Labute approximate surface area is 214 Å². The van der Waals surface area contributed by atoms with Crippen LogP contribution >= 0.6 is 44.3 Å². The standard InChI is InChI=1S/C21H21Br2N7O2.ClH/c1-13-2-4-17(16(23)10-13)25-19-26-20(28-21(27-19)30-6-8-32-9-7-30)29-24-12-14-11-15(22)3-5-18(14)31;/h2-5,10-12,31H,6-9H2,1H3,(H2,25,26,27,28,29);1H/b24-12+;. The highest BCUT2D eigenvalue weighted by Crippen LogP contribution is 2.27. The monoisotopic (exact) mass is 597 g/mol. The van der Waals surface area contributed by atoms with Crippen molar-refractivity contribution >= 4 is 74.0 Å². The summed E-state index contributed by atoms with van der Waals surface area (Å²) in [7, 11) is 0. The largest absolute Gasteiger partial charge is 0.507 e. The first-order valence-corrected chi connectivity index (χ1v) is 11.5. The van der Waals surface area contributed by atoms with E-state index in [2.05, 4.69) is 62.7 Å². The summed E-state index contributed by atoms with van der Waals surface area (Å²) >= 11 is 6.96. The van der Waals surface area contributed by atoms with Crippen molar-refractivity contribution < 1.29 is 9.84 Å². The van der Waals surface area contributed by atoms with Gasteiger partial charge in [0.25, 0.3) is 0 Å². The Morgan fingerprint density at radius 3 is 2.58 bits per heavy atom. The van der Waals surface area contributed by atoms with Crippen LogP contribution in [0.4, 0.5) is 23.5 Å². The topological polar surface area (TPSA) is 108 Å². The highest BCUT2D eigenvalue weighted by Gasteiger charge is 2.17.